The normalized spacial score (nSPS) is 24.9. The monoisotopic (exact) mass is 404 g/mol. The first kappa shape index (κ1) is 22.2. The lowest BCUT2D eigenvalue weighted by Crippen LogP contribution is -2.60. The van der Waals surface area contributed by atoms with Crippen LogP contribution in [-0.2, 0) is 25.6 Å². The number of aromatic hydroxyl groups is 1. The fourth-order valence-corrected chi connectivity index (χ4v) is 2.96. The van der Waals surface area contributed by atoms with Crippen LogP contribution in [0.3, 0.4) is 0 Å². The van der Waals surface area contributed by atoms with Gasteiger partial charge in [0.25, 0.3) is 0 Å². The largest absolute Gasteiger partial charge is 0.508 e. The Labute approximate surface area is 169 Å². The minimum Gasteiger partial charge on any atom is -0.508 e. The van der Waals surface area contributed by atoms with Gasteiger partial charge in [-0.2, -0.15) is 0 Å². The van der Waals surface area contributed by atoms with Gasteiger partial charge in [0, 0.05) is 6.42 Å². The van der Waals surface area contributed by atoms with Gasteiger partial charge >= 0.3 is 0 Å². The highest BCUT2D eigenvalue weighted by Crippen LogP contribution is 2.12. The van der Waals surface area contributed by atoms with E-state index in [-0.39, 0.29) is 24.6 Å². The molecule has 1 aromatic carbocycles. The van der Waals surface area contributed by atoms with Crippen molar-refractivity contribution < 1.29 is 24.3 Å². The van der Waals surface area contributed by atoms with E-state index in [1.54, 1.807) is 12.1 Å². The summed E-state index contributed by atoms with van der Waals surface area (Å²) in [6.07, 6.45) is 0.815. The summed E-state index contributed by atoms with van der Waals surface area (Å²) < 4.78 is 0. The Morgan fingerprint density at radius 1 is 1.00 bits per heavy atom. The Kier molecular flexibility index (Phi) is 7.58. The van der Waals surface area contributed by atoms with Crippen LogP contribution in [0.25, 0.3) is 0 Å². The van der Waals surface area contributed by atoms with Gasteiger partial charge in [-0.25, -0.2) is 0 Å². The van der Waals surface area contributed by atoms with Crippen LogP contribution in [0.1, 0.15) is 32.8 Å². The first-order chi connectivity index (χ1) is 13.7. The van der Waals surface area contributed by atoms with Crippen LogP contribution in [0.15, 0.2) is 24.3 Å². The third kappa shape index (κ3) is 6.20. The zero-order valence-electron chi connectivity index (χ0n) is 16.8. The number of carbonyl (C=O) groups excluding carboxylic acids is 4. The number of phenolic OH excluding ortho intramolecular Hbond substituents is 1. The summed E-state index contributed by atoms with van der Waals surface area (Å²) in [5.74, 6) is -2.01. The lowest BCUT2D eigenvalue weighted by atomic mass is 9.97. The lowest BCUT2D eigenvalue weighted by Gasteiger charge is -2.27. The average molecular weight is 404 g/mol. The molecule has 1 aliphatic rings. The maximum atomic E-state index is 12.7. The molecular weight excluding hydrogens is 376 g/mol. The topological polar surface area (TPSA) is 137 Å². The average Bonchev–Trinajstić information content (AvgIpc) is 2.69. The third-order valence-corrected chi connectivity index (χ3v) is 5.00. The van der Waals surface area contributed by atoms with E-state index < -0.39 is 41.8 Å². The van der Waals surface area contributed by atoms with Gasteiger partial charge in [0.1, 0.15) is 23.9 Å². The Balaban J connectivity index is 2.21. The molecule has 9 nitrogen and oxygen atoms in total. The van der Waals surface area contributed by atoms with E-state index in [2.05, 4.69) is 21.3 Å². The molecule has 1 aromatic rings. The van der Waals surface area contributed by atoms with Crippen molar-refractivity contribution in [2.24, 2.45) is 5.92 Å². The number of hydrogen-bond donors (Lipinski definition) is 5. The summed E-state index contributed by atoms with van der Waals surface area (Å²) >= 11 is 0. The molecule has 1 aliphatic heterocycles. The van der Waals surface area contributed by atoms with Gasteiger partial charge in [-0.1, -0.05) is 32.4 Å². The van der Waals surface area contributed by atoms with Gasteiger partial charge in [0.05, 0.1) is 6.54 Å². The highest BCUT2D eigenvalue weighted by molar-refractivity contribution is 5.96. The van der Waals surface area contributed by atoms with E-state index in [4.69, 9.17) is 0 Å². The summed E-state index contributed by atoms with van der Waals surface area (Å²) in [5, 5.41) is 19.8. The maximum Gasteiger partial charge on any atom is 0.243 e. The molecule has 0 radical (unpaired) electrons. The van der Waals surface area contributed by atoms with E-state index in [0.717, 1.165) is 0 Å². The zero-order chi connectivity index (χ0) is 21.6. The predicted molar refractivity (Wildman–Crippen MR) is 106 cm³/mol. The molecule has 0 aliphatic carbocycles. The molecule has 0 unspecified atom stereocenters. The van der Waals surface area contributed by atoms with Crippen LogP contribution in [0.4, 0.5) is 0 Å². The van der Waals surface area contributed by atoms with Crippen LogP contribution in [0.2, 0.25) is 0 Å². The van der Waals surface area contributed by atoms with Crippen LogP contribution in [0.5, 0.6) is 5.75 Å². The number of carbonyl (C=O) groups is 4. The molecule has 4 amide bonds. The zero-order valence-corrected chi connectivity index (χ0v) is 16.8. The minimum absolute atomic E-state index is 0.0878. The molecule has 158 valence electrons. The molecule has 1 heterocycles. The molecule has 1 saturated heterocycles. The van der Waals surface area contributed by atoms with Crippen LogP contribution >= 0.6 is 0 Å². The molecule has 5 N–H and O–H groups in total. The van der Waals surface area contributed by atoms with Crippen molar-refractivity contribution in [3.8, 4) is 5.75 Å². The number of phenols is 1. The van der Waals surface area contributed by atoms with Gasteiger partial charge in [-0.3, -0.25) is 19.2 Å². The van der Waals surface area contributed by atoms with Crippen molar-refractivity contribution >= 4 is 23.6 Å². The second-order valence-electron chi connectivity index (χ2n) is 7.31. The number of nitrogens with one attached hydrogen (secondary N) is 4. The Morgan fingerprint density at radius 2 is 1.66 bits per heavy atom. The summed E-state index contributed by atoms with van der Waals surface area (Å²) in [6.45, 7) is 4.93. The second-order valence-corrected chi connectivity index (χ2v) is 7.31. The first-order valence-corrected chi connectivity index (χ1v) is 9.67. The molecule has 0 spiro atoms. The van der Waals surface area contributed by atoms with Crippen molar-refractivity contribution in [2.45, 2.75) is 51.7 Å². The smallest absolute Gasteiger partial charge is 0.243 e. The van der Waals surface area contributed by atoms with Gasteiger partial charge < -0.3 is 26.4 Å². The highest BCUT2D eigenvalue weighted by atomic mass is 16.3. The second kappa shape index (κ2) is 9.90. The van der Waals surface area contributed by atoms with Crippen molar-refractivity contribution in [2.75, 3.05) is 6.54 Å². The molecule has 2 rings (SSSR count). The molecule has 9 heteroatoms. The highest BCUT2D eigenvalue weighted by Gasteiger charge is 2.31. The number of benzene rings is 1. The fraction of sp³-hybridized carbons (Fsp3) is 0.500. The minimum atomic E-state index is -0.941. The molecule has 1 fully saturated rings. The Hall–Kier alpha value is -3.10. The van der Waals surface area contributed by atoms with Crippen LogP contribution in [-0.4, -0.2) is 53.4 Å². The standard InChI is InChI=1S/C20H28N4O5/c1-4-11(2)17-20(29)21-10-16(26)23-15(9-13-5-7-14(25)8-6-13)19(28)22-12(3)18(27)24-17/h5-8,11-12,15,17,25H,4,9-10H2,1-3H3,(H,21,29)(H,22,28)(H,23,26)(H,24,27)/t11-,12-,15-,17-/m0/s1. The predicted octanol–water partition coefficient (Wildman–Crippen LogP) is -0.415. The summed E-state index contributed by atoms with van der Waals surface area (Å²) in [4.78, 5) is 50.0. The van der Waals surface area contributed by atoms with Crippen molar-refractivity contribution in [1.29, 1.82) is 0 Å². The first-order valence-electron chi connectivity index (χ1n) is 9.67. The van der Waals surface area contributed by atoms with Gasteiger partial charge in [-0.15, -0.1) is 0 Å². The van der Waals surface area contributed by atoms with Gasteiger partial charge in [-0.05, 0) is 30.5 Å². The number of amides is 4. The van der Waals surface area contributed by atoms with Gasteiger partial charge in [0.15, 0.2) is 0 Å². The SMILES string of the molecule is CC[C@H](C)[C@@H]1NC(=O)[C@H](C)NC(=O)[C@H](Cc2ccc(O)cc2)NC(=O)CNC1=O. The van der Waals surface area contributed by atoms with Crippen molar-refractivity contribution in [1.82, 2.24) is 21.3 Å². The van der Waals surface area contributed by atoms with Gasteiger partial charge in [0.2, 0.25) is 23.6 Å². The summed E-state index contributed by atoms with van der Waals surface area (Å²) in [7, 11) is 0. The molecule has 4 atom stereocenters. The number of hydrogen-bond acceptors (Lipinski definition) is 5. The molecular formula is C20H28N4O5. The Morgan fingerprint density at radius 3 is 2.28 bits per heavy atom. The molecule has 29 heavy (non-hydrogen) atoms. The van der Waals surface area contributed by atoms with Crippen molar-refractivity contribution in [3.05, 3.63) is 29.8 Å². The van der Waals surface area contributed by atoms with Crippen LogP contribution in [0, 0.1) is 5.92 Å². The van der Waals surface area contributed by atoms with E-state index in [1.807, 2.05) is 13.8 Å². The summed E-state index contributed by atoms with van der Waals surface area (Å²) in [6, 6.07) is 3.61. The Bertz CT molecular complexity index is 765. The van der Waals surface area contributed by atoms with E-state index in [9.17, 15) is 24.3 Å². The lowest BCUT2D eigenvalue weighted by molar-refractivity contribution is -0.135. The van der Waals surface area contributed by atoms with Crippen molar-refractivity contribution in [3.63, 3.8) is 0 Å². The maximum absolute atomic E-state index is 12.7. The fourth-order valence-electron chi connectivity index (χ4n) is 2.96. The van der Waals surface area contributed by atoms with E-state index in [1.165, 1.54) is 19.1 Å². The third-order valence-electron chi connectivity index (χ3n) is 5.00. The molecule has 0 bridgehead atoms. The molecule has 0 aromatic heterocycles. The quantitative estimate of drug-likeness (QED) is 0.464. The summed E-state index contributed by atoms with van der Waals surface area (Å²) in [5.41, 5.74) is 0.716. The molecule has 0 saturated carbocycles. The number of rotatable bonds is 4. The van der Waals surface area contributed by atoms with E-state index >= 15 is 0 Å². The van der Waals surface area contributed by atoms with E-state index in [0.29, 0.717) is 12.0 Å². The van der Waals surface area contributed by atoms with Crippen LogP contribution < -0.4 is 21.3 Å².